The Hall–Kier alpha value is -2.24. The van der Waals surface area contributed by atoms with Crippen molar-refractivity contribution in [2.24, 2.45) is 5.92 Å². The molecule has 2 heterocycles. The predicted octanol–water partition coefficient (Wildman–Crippen LogP) is 4.43. The van der Waals surface area contributed by atoms with E-state index in [4.69, 9.17) is 5.26 Å². The summed E-state index contributed by atoms with van der Waals surface area (Å²) in [5.74, 6) is 1.86. The van der Waals surface area contributed by atoms with Gasteiger partial charge in [0, 0.05) is 57.9 Å². The third-order valence-electron chi connectivity index (χ3n) is 6.63. The summed E-state index contributed by atoms with van der Waals surface area (Å²) in [5.41, 5.74) is 2.95. The molecule has 3 fully saturated rings. The van der Waals surface area contributed by atoms with Crippen LogP contribution < -0.4 is 10.2 Å². The first-order chi connectivity index (χ1) is 16.0. The van der Waals surface area contributed by atoms with Crippen molar-refractivity contribution < 1.29 is 9.00 Å². The highest BCUT2D eigenvalue weighted by molar-refractivity contribution is 7.85. The number of rotatable bonds is 4. The van der Waals surface area contributed by atoms with Gasteiger partial charge in [0.2, 0.25) is 5.91 Å². The molecule has 3 aliphatic rings. The van der Waals surface area contributed by atoms with Gasteiger partial charge in [-0.15, -0.1) is 11.3 Å². The monoisotopic (exact) mass is 484 g/mol. The highest BCUT2D eigenvalue weighted by Crippen LogP contribution is 2.35. The molecule has 6 nitrogen and oxygen atoms in total. The van der Waals surface area contributed by atoms with E-state index < -0.39 is 16.3 Å². The maximum Gasteiger partial charge on any atom is 0.224 e. The summed E-state index contributed by atoms with van der Waals surface area (Å²) in [6.45, 7) is 3.81. The Morgan fingerprint density at radius 1 is 1.18 bits per heavy atom. The SMILES string of the molecule is Cc1nc(-c2ccc(N3CCS(=O)CC3)cc2)cs1.N#CC1(NC(=O)C2CCCCC2)CC1. The maximum absolute atomic E-state index is 11.8. The molecule has 2 saturated carbocycles. The standard InChI is InChI=1S/C14H16N2OS2.C11H16N2O/c1-11-15-14(10-18-11)12-2-4-13(5-3-12)16-6-8-19(17)9-7-16;12-8-11(6-7-11)13-10(14)9-4-2-1-3-5-9/h2-5,10H,6-9H2,1H3;9H,1-7H2,(H,13,14). The fraction of sp³-hybridized carbons (Fsp3) is 0.560. The van der Waals surface area contributed by atoms with E-state index in [9.17, 15) is 9.00 Å². The van der Waals surface area contributed by atoms with Crippen molar-refractivity contribution in [1.82, 2.24) is 10.3 Å². The zero-order chi connectivity index (χ0) is 23.3. The number of benzene rings is 1. The van der Waals surface area contributed by atoms with Gasteiger partial charge >= 0.3 is 0 Å². The lowest BCUT2D eigenvalue weighted by atomic mass is 9.88. The molecule has 176 valence electrons. The third kappa shape index (κ3) is 6.42. The Balaban J connectivity index is 0.000000165. The molecule has 0 spiro atoms. The van der Waals surface area contributed by atoms with Gasteiger partial charge in [0.1, 0.15) is 5.54 Å². The normalized spacial score (nSPS) is 20.3. The van der Waals surface area contributed by atoms with Gasteiger partial charge in [0.25, 0.3) is 0 Å². The number of nitrogens with one attached hydrogen (secondary N) is 1. The lowest BCUT2D eigenvalue weighted by molar-refractivity contribution is -0.126. The highest BCUT2D eigenvalue weighted by Gasteiger charge is 2.45. The zero-order valence-electron chi connectivity index (χ0n) is 19.2. The summed E-state index contributed by atoms with van der Waals surface area (Å²) in [6, 6.07) is 10.7. The average Bonchev–Trinajstić information content (AvgIpc) is 3.50. The molecular formula is C25H32N4O2S2. The van der Waals surface area contributed by atoms with E-state index in [0.717, 1.165) is 79.4 Å². The minimum atomic E-state index is -0.616. The lowest BCUT2D eigenvalue weighted by Crippen LogP contribution is -2.40. The van der Waals surface area contributed by atoms with E-state index >= 15 is 0 Å². The minimum Gasteiger partial charge on any atom is -0.370 e. The van der Waals surface area contributed by atoms with Crippen LogP contribution in [-0.2, 0) is 15.6 Å². The molecule has 1 saturated heterocycles. The first-order valence-corrected chi connectivity index (χ1v) is 14.2. The van der Waals surface area contributed by atoms with Gasteiger partial charge in [-0.25, -0.2) is 4.98 Å². The Morgan fingerprint density at radius 2 is 1.85 bits per heavy atom. The molecule has 1 aromatic heterocycles. The molecule has 0 unspecified atom stereocenters. The van der Waals surface area contributed by atoms with Gasteiger partial charge in [0.05, 0.1) is 16.8 Å². The molecule has 0 atom stereocenters. The van der Waals surface area contributed by atoms with E-state index in [-0.39, 0.29) is 11.8 Å². The van der Waals surface area contributed by atoms with Gasteiger partial charge in [-0.3, -0.25) is 9.00 Å². The number of aryl methyl sites for hydroxylation is 1. The number of anilines is 1. The number of amides is 1. The molecule has 1 N–H and O–H groups in total. The Labute approximate surface area is 202 Å². The summed E-state index contributed by atoms with van der Waals surface area (Å²) in [4.78, 5) is 18.6. The summed E-state index contributed by atoms with van der Waals surface area (Å²) in [6.07, 6.45) is 7.27. The van der Waals surface area contributed by atoms with Gasteiger partial charge in [-0.05, 0) is 44.7 Å². The van der Waals surface area contributed by atoms with Crippen LogP contribution in [0.1, 0.15) is 50.0 Å². The molecule has 5 rings (SSSR count). The van der Waals surface area contributed by atoms with Crippen molar-refractivity contribution in [3.8, 4) is 17.3 Å². The lowest BCUT2D eigenvalue weighted by Gasteiger charge is -2.28. The van der Waals surface area contributed by atoms with Crippen LogP contribution in [0.3, 0.4) is 0 Å². The Kier molecular flexibility index (Phi) is 7.82. The van der Waals surface area contributed by atoms with E-state index in [1.54, 1.807) is 11.3 Å². The quantitative estimate of drug-likeness (QED) is 0.694. The fourth-order valence-corrected chi connectivity index (χ4v) is 6.00. The Morgan fingerprint density at radius 3 is 2.39 bits per heavy atom. The van der Waals surface area contributed by atoms with E-state index in [1.807, 2.05) is 6.92 Å². The summed E-state index contributed by atoms with van der Waals surface area (Å²) < 4.78 is 11.4. The van der Waals surface area contributed by atoms with Crippen LogP contribution in [-0.4, -0.2) is 45.2 Å². The largest absolute Gasteiger partial charge is 0.370 e. The number of carbonyl (C=O) groups is 1. The van der Waals surface area contributed by atoms with Crippen molar-refractivity contribution in [2.75, 3.05) is 29.5 Å². The maximum atomic E-state index is 11.8. The topological polar surface area (TPSA) is 86.1 Å². The van der Waals surface area contributed by atoms with Gasteiger partial charge in [-0.2, -0.15) is 5.26 Å². The fourth-order valence-electron chi connectivity index (χ4n) is 4.33. The second-order valence-electron chi connectivity index (χ2n) is 9.15. The van der Waals surface area contributed by atoms with Crippen molar-refractivity contribution in [1.29, 1.82) is 5.26 Å². The average molecular weight is 485 g/mol. The van der Waals surface area contributed by atoms with Crippen LogP contribution in [0.4, 0.5) is 5.69 Å². The van der Waals surface area contributed by atoms with Crippen LogP contribution in [0.5, 0.6) is 0 Å². The van der Waals surface area contributed by atoms with Crippen molar-refractivity contribution in [3.63, 3.8) is 0 Å². The molecule has 0 bridgehead atoms. The van der Waals surface area contributed by atoms with Crippen molar-refractivity contribution >= 4 is 33.7 Å². The summed E-state index contributed by atoms with van der Waals surface area (Å²) in [7, 11) is -0.616. The highest BCUT2D eigenvalue weighted by atomic mass is 32.2. The van der Waals surface area contributed by atoms with E-state index in [1.165, 1.54) is 12.1 Å². The summed E-state index contributed by atoms with van der Waals surface area (Å²) >= 11 is 1.68. The second-order valence-corrected chi connectivity index (χ2v) is 11.9. The predicted molar refractivity (Wildman–Crippen MR) is 135 cm³/mol. The van der Waals surface area contributed by atoms with Crippen LogP contribution in [0, 0.1) is 24.2 Å². The van der Waals surface area contributed by atoms with Crippen LogP contribution in [0.2, 0.25) is 0 Å². The van der Waals surface area contributed by atoms with Crippen molar-refractivity contribution in [3.05, 3.63) is 34.7 Å². The van der Waals surface area contributed by atoms with Crippen molar-refractivity contribution in [2.45, 2.75) is 57.4 Å². The molecule has 1 amide bonds. The second kappa shape index (κ2) is 10.8. The molecule has 0 radical (unpaired) electrons. The number of nitriles is 1. The van der Waals surface area contributed by atoms with Crippen LogP contribution in [0.25, 0.3) is 11.3 Å². The smallest absolute Gasteiger partial charge is 0.224 e. The first kappa shape index (κ1) is 23.9. The molecule has 1 aromatic carbocycles. The zero-order valence-corrected chi connectivity index (χ0v) is 20.8. The van der Waals surface area contributed by atoms with Crippen LogP contribution in [0.15, 0.2) is 29.6 Å². The number of thiazole rings is 1. The molecule has 8 heteroatoms. The first-order valence-electron chi connectivity index (χ1n) is 11.8. The number of nitrogens with zero attached hydrogens (tertiary/aromatic N) is 3. The molecule has 2 aliphatic carbocycles. The van der Waals surface area contributed by atoms with Gasteiger partial charge in [-0.1, -0.05) is 31.4 Å². The van der Waals surface area contributed by atoms with Gasteiger partial charge in [0.15, 0.2) is 0 Å². The Bertz CT molecular complexity index is 1010. The van der Waals surface area contributed by atoms with Crippen LogP contribution >= 0.6 is 11.3 Å². The number of carbonyl (C=O) groups excluding carboxylic acids is 1. The molecular weight excluding hydrogens is 452 g/mol. The molecule has 33 heavy (non-hydrogen) atoms. The molecule has 2 aromatic rings. The van der Waals surface area contributed by atoms with E-state index in [2.05, 4.69) is 50.9 Å². The summed E-state index contributed by atoms with van der Waals surface area (Å²) in [5, 5.41) is 14.9. The number of aromatic nitrogens is 1. The minimum absolute atomic E-state index is 0.115. The number of hydrogen-bond acceptors (Lipinski definition) is 6. The van der Waals surface area contributed by atoms with E-state index in [0.29, 0.717) is 0 Å². The third-order valence-corrected chi connectivity index (χ3v) is 8.68. The molecule has 1 aliphatic heterocycles. The number of hydrogen-bond donors (Lipinski definition) is 1. The van der Waals surface area contributed by atoms with Gasteiger partial charge < -0.3 is 10.2 Å².